The maximum atomic E-state index is 9.24. The zero-order valence-electron chi connectivity index (χ0n) is 10.7. The van der Waals surface area contributed by atoms with Crippen LogP contribution < -0.4 is 0 Å². The van der Waals surface area contributed by atoms with E-state index in [9.17, 15) is 5.11 Å². The molecule has 0 amide bonds. The quantitative estimate of drug-likeness (QED) is 0.902. The van der Waals surface area contributed by atoms with Gasteiger partial charge in [-0.2, -0.15) is 5.26 Å². The smallest absolute Gasteiger partial charge is 0.0991 e. The van der Waals surface area contributed by atoms with Crippen molar-refractivity contribution >= 4 is 6.08 Å². The van der Waals surface area contributed by atoms with Gasteiger partial charge in [-0.15, -0.1) is 0 Å². The van der Waals surface area contributed by atoms with Crippen LogP contribution in [0.4, 0.5) is 0 Å². The van der Waals surface area contributed by atoms with Gasteiger partial charge in [-0.3, -0.25) is 0 Å². The lowest BCUT2D eigenvalue weighted by atomic mass is 10.0. The molecule has 94 valence electrons. The number of benzene rings is 2. The van der Waals surface area contributed by atoms with Crippen molar-refractivity contribution in [1.29, 1.82) is 5.26 Å². The molecule has 1 N–H and O–H groups in total. The number of hydrogen-bond donors (Lipinski definition) is 1. The predicted molar refractivity (Wildman–Crippen MR) is 77.3 cm³/mol. The van der Waals surface area contributed by atoms with Crippen LogP contribution >= 0.6 is 0 Å². The molecular formula is C17H15NO. The van der Waals surface area contributed by atoms with Crippen LogP contribution in [-0.4, -0.2) is 11.2 Å². The van der Waals surface area contributed by atoms with Crippen molar-refractivity contribution in [2.75, 3.05) is 0 Å². The lowest BCUT2D eigenvalue weighted by Crippen LogP contribution is -1.91. The zero-order valence-corrected chi connectivity index (χ0v) is 10.7. The molecule has 0 saturated carbocycles. The molecular weight excluding hydrogens is 234 g/mol. The Morgan fingerprint density at radius 1 is 1.11 bits per heavy atom. The normalized spacial score (nSPS) is 12.3. The molecule has 2 heteroatoms. The first-order valence-electron chi connectivity index (χ1n) is 6.16. The van der Waals surface area contributed by atoms with E-state index in [4.69, 9.17) is 5.26 Å². The minimum absolute atomic E-state index is 0.446. The second-order valence-electron chi connectivity index (χ2n) is 4.41. The fourth-order valence-electron chi connectivity index (χ4n) is 1.81. The van der Waals surface area contributed by atoms with Gasteiger partial charge in [-0.1, -0.05) is 42.5 Å². The summed E-state index contributed by atoms with van der Waals surface area (Å²) >= 11 is 0. The highest BCUT2D eigenvalue weighted by atomic mass is 16.3. The average molecular weight is 249 g/mol. The fraction of sp³-hybridized carbons (Fsp3) is 0.118. The lowest BCUT2D eigenvalue weighted by molar-refractivity contribution is 0.245. The predicted octanol–water partition coefficient (Wildman–Crippen LogP) is 3.62. The van der Waals surface area contributed by atoms with Gasteiger partial charge < -0.3 is 5.11 Å². The van der Waals surface area contributed by atoms with Crippen molar-refractivity contribution in [2.45, 2.75) is 13.0 Å². The summed E-state index contributed by atoms with van der Waals surface area (Å²) in [7, 11) is 0. The molecule has 0 fully saturated rings. The Balaban J connectivity index is 2.30. The Kier molecular flexibility index (Phi) is 4.12. The van der Waals surface area contributed by atoms with Crippen LogP contribution in [0.25, 0.3) is 17.2 Å². The zero-order chi connectivity index (χ0) is 13.7. The molecule has 19 heavy (non-hydrogen) atoms. The van der Waals surface area contributed by atoms with E-state index in [1.165, 1.54) is 0 Å². The van der Waals surface area contributed by atoms with Crippen LogP contribution in [-0.2, 0) is 0 Å². The maximum absolute atomic E-state index is 9.24. The van der Waals surface area contributed by atoms with E-state index in [-0.39, 0.29) is 0 Å². The van der Waals surface area contributed by atoms with Crippen molar-refractivity contribution in [1.82, 2.24) is 0 Å². The summed E-state index contributed by atoms with van der Waals surface area (Å²) < 4.78 is 0. The molecule has 0 aliphatic carbocycles. The first kappa shape index (κ1) is 13.1. The molecule has 2 nitrogen and oxygen atoms in total. The summed E-state index contributed by atoms with van der Waals surface area (Å²) in [5, 5.41) is 18.0. The van der Waals surface area contributed by atoms with Crippen LogP contribution in [0.5, 0.6) is 0 Å². The van der Waals surface area contributed by atoms with Gasteiger partial charge in [-0.25, -0.2) is 0 Å². The molecule has 1 atom stereocenters. The summed E-state index contributed by atoms with van der Waals surface area (Å²) in [6.07, 6.45) is 3.20. The summed E-state index contributed by atoms with van der Waals surface area (Å²) in [5.74, 6) is 0. The van der Waals surface area contributed by atoms with Crippen LogP contribution in [0.15, 0.2) is 54.6 Å². The summed E-state index contributed by atoms with van der Waals surface area (Å²) in [4.78, 5) is 0. The SMILES string of the molecule is CC(O)C=Cc1cccc(-c2ccc(C#N)cc2)c1. The van der Waals surface area contributed by atoms with Gasteiger partial charge in [0.25, 0.3) is 0 Å². The van der Waals surface area contributed by atoms with Gasteiger partial charge in [0, 0.05) is 0 Å². The molecule has 0 aliphatic rings. The van der Waals surface area contributed by atoms with Gasteiger partial charge in [-0.05, 0) is 41.8 Å². The Morgan fingerprint density at radius 3 is 2.47 bits per heavy atom. The number of nitriles is 1. The van der Waals surface area contributed by atoms with Crippen LogP contribution in [0.2, 0.25) is 0 Å². The largest absolute Gasteiger partial charge is 0.389 e. The maximum Gasteiger partial charge on any atom is 0.0991 e. The first-order chi connectivity index (χ1) is 9.19. The topological polar surface area (TPSA) is 44.0 Å². The van der Waals surface area contributed by atoms with Crippen LogP contribution in [0, 0.1) is 11.3 Å². The minimum Gasteiger partial charge on any atom is -0.389 e. The highest BCUT2D eigenvalue weighted by Crippen LogP contribution is 2.21. The molecule has 2 rings (SSSR count). The molecule has 0 aliphatic heterocycles. The van der Waals surface area contributed by atoms with E-state index in [1.54, 1.807) is 13.0 Å². The summed E-state index contributed by atoms with van der Waals surface area (Å²) in [5.41, 5.74) is 3.88. The number of nitrogens with zero attached hydrogens (tertiary/aromatic N) is 1. The highest BCUT2D eigenvalue weighted by molar-refractivity contribution is 5.68. The van der Waals surface area contributed by atoms with E-state index in [1.807, 2.05) is 48.5 Å². The highest BCUT2D eigenvalue weighted by Gasteiger charge is 1.99. The van der Waals surface area contributed by atoms with Gasteiger partial charge in [0.05, 0.1) is 17.7 Å². The number of hydrogen-bond acceptors (Lipinski definition) is 2. The standard InChI is InChI=1S/C17H15NO/c1-13(19)5-6-14-3-2-4-17(11-14)16-9-7-15(12-18)8-10-16/h2-11,13,19H,1H3. The van der Waals surface area contributed by atoms with Crippen LogP contribution in [0.1, 0.15) is 18.1 Å². The van der Waals surface area contributed by atoms with E-state index >= 15 is 0 Å². The summed E-state index contributed by atoms with van der Waals surface area (Å²) in [6, 6.07) is 17.7. The molecule has 0 saturated heterocycles. The summed E-state index contributed by atoms with van der Waals surface area (Å²) in [6.45, 7) is 1.72. The van der Waals surface area contributed by atoms with Gasteiger partial charge in [0.2, 0.25) is 0 Å². The van der Waals surface area contributed by atoms with E-state index < -0.39 is 6.10 Å². The molecule has 0 radical (unpaired) electrons. The fourth-order valence-corrected chi connectivity index (χ4v) is 1.81. The minimum atomic E-state index is -0.446. The molecule has 1 unspecified atom stereocenters. The third-order valence-corrected chi connectivity index (χ3v) is 2.80. The monoisotopic (exact) mass is 249 g/mol. The van der Waals surface area contributed by atoms with E-state index in [0.29, 0.717) is 5.56 Å². The third-order valence-electron chi connectivity index (χ3n) is 2.80. The van der Waals surface area contributed by atoms with Crippen molar-refractivity contribution in [3.05, 3.63) is 65.7 Å². The van der Waals surface area contributed by atoms with Gasteiger partial charge in [0.1, 0.15) is 0 Å². The van der Waals surface area contributed by atoms with E-state index in [2.05, 4.69) is 12.1 Å². The molecule has 0 bridgehead atoms. The van der Waals surface area contributed by atoms with Gasteiger partial charge in [0.15, 0.2) is 0 Å². The van der Waals surface area contributed by atoms with Crippen molar-refractivity contribution < 1.29 is 5.11 Å². The molecule has 0 aromatic heterocycles. The average Bonchev–Trinajstić information content (AvgIpc) is 2.45. The lowest BCUT2D eigenvalue weighted by Gasteiger charge is -2.03. The number of aliphatic hydroxyl groups is 1. The van der Waals surface area contributed by atoms with Gasteiger partial charge >= 0.3 is 0 Å². The Morgan fingerprint density at radius 2 is 1.84 bits per heavy atom. The Labute approximate surface area is 113 Å². The molecule has 0 heterocycles. The first-order valence-corrected chi connectivity index (χ1v) is 6.16. The Hall–Kier alpha value is -2.37. The third kappa shape index (κ3) is 3.54. The number of aliphatic hydroxyl groups excluding tert-OH is 1. The molecule has 2 aromatic carbocycles. The van der Waals surface area contributed by atoms with E-state index in [0.717, 1.165) is 16.7 Å². The Bertz CT molecular complexity index is 618. The van der Waals surface area contributed by atoms with Crippen LogP contribution in [0.3, 0.4) is 0 Å². The molecule has 0 spiro atoms. The van der Waals surface area contributed by atoms with Crippen molar-refractivity contribution in [2.24, 2.45) is 0 Å². The number of rotatable bonds is 3. The second kappa shape index (κ2) is 5.99. The second-order valence-corrected chi connectivity index (χ2v) is 4.41. The van der Waals surface area contributed by atoms with Crippen molar-refractivity contribution in [3.8, 4) is 17.2 Å². The van der Waals surface area contributed by atoms with Crippen molar-refractivity contribution in [3.63, 3.8) is 0 Å². The molecule has 2 aromatic rings.